The lowest BCUT2D eigenvalue weighted by Crippen LogP contribution is -2.53. The molecule has 7 nitrogen and oxygen atoms in total. The van der Waals surface area contributed by atoms with Crippen molar-refractivity contribution in [1.29, 1.82) is 0 Å². The first-order chi connectivity index (χ1) is 11.5. The van der Waals surface area contributed by atoms with Crippen LogP contribution in [0, 0.1) is 5.82 Å². The van der Waals surface area contributed by atoms with E-state index in [0.717, 1.165) is 11.8 Å². The molecule has 0 amide bonds. The summed E-state index contributed by atoms with van der Waals surface area (Å²) < 4.78 is 44.0. The van der Waals surface area contributed by atoms with Crippen molar-refractivity contribution in [3.63, 3.8) is 0 Å². The second kappa shape index (κ2) is 8.48. The summed E-state index contributed by atoms with van der Waals surface area (Å²) in [6, 6.07) is 4.52. The second-order valence-corrected chi connectivity index (χ2v) is 8.19. The Balaban J connectivity index is 2.71. The topological polar surface area (TPSA) is 91.8 Å². The molecule has 1 aromatic rings. The number of rotatable bonds is 7. The number of nitrogens with zero attached hydrogens (tertiary/aromatic N) is 1. The predicted octanol–water partition coefficient (Wildman–Crippen LogP) is 1.39. The molecule has 142 valence electrons. The first kappa shape index (κ1) is 21.2. The molecule has 0 fully saturated rings. The Labute approximate surface area is 149 Å². The molecular formula is C16H27FN4O3S. The molecule has 0 aliphatic rings. The Morgan fingerprint density at radius 3 is 2.52 bits per heavy atom. The van der Waals surface area contributed by atoms with Gasteiger partial charge in [-0.1, -0.05) is 6.07 Å². The third-order valence-corrected chi connectivity index (χ3v) is 4.34. The van der Waals surface area contributed by atoms with Crippen molar-refractivity contribution >= 4 is 16.0 Å². The summed E-state index contributed by atoms with van der Waals surface area (Å²) in [6.07, 6.45) is 1.11. The number of nitrogens with one attached hydrogen (secondary N) is 3. The largest absolute Gasteiger partial charge is 0.494 e. The van der Waals surface area contributed by atoms with Gasteiger partial charge in [0, 0.05) is 19.1 Å². The Hall–Kier alpha value is -1.87. The highest BCUT2D eigenvalue weighted by molar-refractivity contribution is 7.88. The van der Waals surface area contributed by atoms with E-state index < -0.39 is 21.4 Å². The fourth-order valence-corrected chi connectivity index (χ4v) is 3.35. The molecule has 1 unspecified atom stereocenters. The molecule has 1 aromatic carbocycles. The summed E-state index contributed by atoms with van der Waals surface area (Å²) in [5.41, 5.74) is 0.0375. The van der Waals surface area contributed by atoms with Gasteiger partial charge in [0.25, 0.3) is 0 Å². The number of guanidine groups is 1. The van der Waals surface area contributed by atoms with Gasteiger partial charge in [-0.3, -0.25) is 4.99 Å². The van der Waals surface area contributed by atoms with Gasteiger partial charge in [0.05, 0.1) is 19.4 Å². The highest BCUT2D eigenvalue weighted by Crippen LogP contribution is 2.21. The summed E-state index contributed by atoms with van der Waals surface area (Å²) in [7, 11) is -0.298. The summed E-state index contributed by atoms with van der Waals surface area (Å²) in [5, 5.41) is 6.20. The van der Waals surface area contributed by atoms with Crippen LogP contribution in [0.4, 0.5) is 4.39 Å². The monoisotopic (exact) mass is 374 g/mol. The summed E-state index contributed by atoms with van der Waals surface area (Å²) in [6.45, 7) is 5.71. The van der Waals surface area contributed by atoms with Crippen LogP contribution in [0.5, 0.6) is 5.75 Å². The number of ether oxygens (including phenoxy) is 1. The highest BCUT2D eigenvalue weighted by atomic mass is 32.2. The van der Waals surface area contributed by atoms with Gasteiger partial charge in [-0.05, 0) is 38.5 Å². The van der Waals surface area contributed by atoms with Crippen LogP contribution in [0.2, 0.25) is 0 Å². The Kier molecular flexibility index (Phi) is 7.18. The van der Waals surface area contributed by atoms with Crippen LogP contribution < -0.4 is 20.1 Å². The Bertz CT molecular complexity index is 720. The minimum absolute atomic E-state index is 0.187. The van der Waals surface area contributed by atoms with E-state index in [2.05, 4.69) is 20.3 Å². The van der Waals surface area contributed by atoms with Crippen LogP contribution in [-0.4, -0.2) is 46.9 Å². The van der Waals surface area contributed by atoms with Gasteiger partial charge >= 0.3 is 0 Å². The number of benzene rings is 1. The average Bonchev–Trinajstić information content (AvgIpc) is 2.48. The maximum atomic E-state index is 13.8. The van der Waals surface area contributed by atoms with Crippen LogP contribution in [0.1, 0.15) is 32.4 Å². The zero-order valence-corrected chi connectivity index (χ0v) is 16.3. The number of methoxy groups -OCH3 is 1. The summed E-state index contributed by atoms with van der Waals surface area (Å²) in [5.74, 6) is 0.231. The van der Waals surface area contributed by atoms with Gasteiger partial charge in [0.15, 0.2) is 17.5 Å². The molecule has 0 heterocycles. The van der Waals surface area contributed by atoms with Crippen LogP contribution in [-0.2, 0) is 10.0 Å². The molecule has 0 aromatic heterocycles. The van der Waals surface area contributed by atoms with Gasteiger partial charge in [-0.25, -0.2) is 17.5 Å². The molecule has 0 bridgehead atoms. The normalized spacial score (nSPS) is 14.1. The zero-order valence-electron chi connectivity index (χ0n) is 15.5. The van der Waals surface area contributed by atoms with Gasteiger partial charge in [0.1, 0.15) is 0 Å². The first-order valence-corrected chi connectivity index (χ1v) is 9.66. The second-order valence-electron chi connectivity index (χ2n) is 6.44. The van der Waals surface area contributed by atoms with Crippen molar-refractivity contribution in [1.82, 2.24) is 15.4 Å². The molecule has 0 aliphatic heterocycles. The van der Waals surface area contributed by atoms with E-state index in [1.165, 1.54) is 13.2 Å². The minimum Gasteiger partial charge on any atom is -0.494 e. The molecule has 3 N–H and O–H groups in total. The third kappa shape index (κ3) is 7.27. The third-order valence-electron chi connectivity index (χ3n) is 3.41. The van der Waals surface area contributed by atoms with Crippen LogP contribution in [0.25, 0.3) is 0 Å². The van der Waals surface area contributed by atoms with E-state index in [9.17, 15) is 12.8 Å². The first-order valence-electron chi connectivity index (χ1n) is 7.77. The molecule has 0 saturated carbocycles. The van der Waals surface area contributed by atoms with Crippen molar-refractivity contribution in [2.24, 2.45) is 4.99 Å². The average molecular weight is 374 g/mol. The van der Waals surface area contributed by atoms with Gasteiger partial charge in [-0.15, -0.1) is 0 Å². The smallest absolute Gasteiger partial charge is 0.209 e. The van der Waals surface area contributed by atoms with E-state index in [1.54, 1.807) is 33.0 Å². The van der Waals surface area contributed by atoms with E-state index in [-0.39, 0.29) is 11.8 Å². The van der Waals surface area contributed by atoms with Crippen molar-refractivity contribution in [3.8, 4) is 5.75 Å². The van der Waals surface area contributed by atoms with Gasteiger partial charge in [-0.2, -0.15) is 0 Å². The molecule has 0 radical (unpaired) electrons. The fraction of sp³-hybridized carbons (Fsp3) is 0.562. The standard InChI is InChI=1S/C16H27FN4O3S/c1-11(12-7-8-14(24-5)13(17)9-12)20-15(18-4)19-10-16(2,3)21-25(6,22)23/h7-9,11,21H,10H2,1-6H3,(H2,18,19,20). The van der Waals surface area contributed by atoms with Gasteiger partial charge < -0.3 is 15.4 Å². The molecule has 0 aliphatic carbocycles. The zero-order chi connectivity index (χ0) is 19.3. The van der Waals surface area contributed by atoms with Crippen molar-refractivity contribution in [2.75, 3.05) is 27.0 Å². The number of sulfonamides is 1. The van der Waals surface area contributed by atoms with E-state index in [4.69, 9.17) is 4.74 Å². The minimum atomic E-state index is -3.32. The van der Waals surface area contributed by atoms with Gasteiger partial charge in [0.2, 0.25) is 10.0 Å². The molecule has 0 saturated heterocycles. The lowest BCUT2D eigenvalue weighted by atomic mass is 10.1. The Morgan fingerprint density at radius 2 is 2.04 bits per heavy atom. The van der Waals surface area contributed by atoms with Crippen molar-refractivity contribution in [2.45, 2.75) is 32.4 Å². The van der Waals surface area contributed by atoms with E-state index in [0.29, 0.717) is 12.5 Å². The molecule has 1 atom stereocenters. The predicted molar refractivity (Wildman–Crippen MR) is 97.9 cm³/mol. The molecule has 1 rings (SSSR count). The van der Waals surface area contributed by atoms with Crippen LogP contribution in [0.15, 0.2) is 23.2 Å². The molecule has 25 heavy (non-hydrogen) atoms. The maximum Gasteiger partial charge on any atom is 0.209 e. The fourth-order valence-electron chi connectivity index (χ4n) is 2.28. The van der Waals surface area contributed by atoms with Crippen molar-refractivity contribution < 1.29 is 17.5 Å². The number of hydrogen-bond acceptors (Lipinski definition) is 4. The van der Waals surface area contributed by atoms with E-state index in [1.807, 2.05) is 6.92 Å². The Morgan fingerprint density at radius 1 is 1.40 bits per heavy atom. The lowest BCUT2D eigenvalue weighted by Gasteiger charge is -2.27. The number of hydrogen-bond donors (Lipinski definition) is 3. The lowest BCUT2D eigenvalue weighted by molar-refractivity contribution is 0.386. The SMILES string of the molecule is CN=C(NCC(C)(C)NS(C)(=O)=O)NC(C)c1ccc(OC)c(F)c1. The highest BCUT2D eigenvalue weighted by Gasteiger charge is 2.22. The van der Waals surface area contributed by atoms with Crippen LogP contribution in [0.3, 0.4) is 0 Å². The number of halogens is 1. The quantitative estimate of drug-likeness (QED) is 0.495. The summed E-state index contributed by atoms with van der Waals surface area (Å²) in [4.78, 5) is 4.11. The maximum absolute atomic E-state index is 13.8. The molecular weight excluding hydrogens is 347 g/mol. The summed E-state index contributed by atoms with van der Waals surface area (Å²) >= 11 is 0. The van der Waals surface area contributed by atoms with E-state index >= 15 is 0 Å². The van der Waals surface area contributed by atoms with Crippen molar-refractivity contribution in [3.05, 3.63) is 29.6 Å². The number of aliphatic imine (C=N–C) groups is 1. The molecule has 9 heteroatoms. The van der Waals surface area contributed by atoms with Crippen LogP contribution >= 0.6 is 0 Å². The molecule has 0 spiro atoms.